The van der Waals surface area contributed by atoms with Crippen LogP contribution in [0.1, 0.15) is 27.2 Å². The van der Waals surface area contributed by atoms with Gasteiger partial charge in [-0.3, -0.25) is 0 Å². The molecule has 8 heteroatoms. The number of hydrogen-bond donors (Lipinski definition) is 0. The molecule has 0 aliphatic carbocycles. The fraction of sp³-hybridized carbons (Fsp3) is 0.583. The molecule has 2 aromatic rings. The molecule has 0 N–H and O–H groups in total. The maximum Gasteiger partial charge on any atom is 0.230 e. The molecule has 0 radical (unpaired) electrons. The van der Waals surface area contributed by atoms with Crippen molar-refractivity contribution in [1.29, 1.82) is 0 Å². The van der Waals surface area contributed by atoms with Crippen molar-refractivity contribution in [2.75, 3.05) is 18.0 Å². The number of aromatic nitrogens is 6. The topological polar surface area (TPSA) is 72.6 Å². The Hall–Kier alpha value is -1.76. The van der Waals surface area contributed by atoms with Gasteiger partial charge in [-0.25, -0.2) is 4.68 Å². The van der Waals surface area contributed by atoms with Crippen molar-refractivity contribution >= 4 is 17.5 Å². The van der Waals surface area contributed by atoms with Crippen molar-refractivity contribution in [3.8, 4) is 11.5 Å². The lowest BCUT2D eigenvalue weighted by Crippen LogP contribution is -2.24. The van der Waals surface area contributed by atoms with Crippen LogP contribution in [-0.4, -0.2) is 43.0 Å². The highest BCUT2D eigenvalue weighted by molar-refractivity contribution is 6.28. The Labute approximate surface area is 123 Å². The Bertz CT molecular complexity index is 565. The molecule has 0 fully saturated rings. The van der Waals surface area contributed by atoms with E-state index in [0.717, 1.165) is 31.7 Å². The van der Waals surface area contributed by atoms with Crippen LogP contribution >= 0.6 is 11.6 Å². The minimum absolute atomic E-state index is 0.182. The summed E-state index contributed by atoms with van der Waals surface area (Å²) < 4.78 is 1.78. The second-order valence-corrected chi connectivity index (χ2v) is 4.58. The zero-order chi connectivity index (χ0) is 14.5. The van der Waals surface area contributed by atoms with E-state index in [2.05, 4.69) is 32.2 Å². The minimum atomic E-state index is 0.182. The quantitative estimate of drug-likeness (QED) is 0.812. The molecular weight excluding hydrogens is 278 g/mol. The molecule has 2 heterocycles. The first-order valence-corrected chi connectivity index (χ1v) is 7.12. The number of aryl methyl sites for hydroxylation is 1. The van der Waals surface area contributed by atoms with E-state index < -0.39 is 0 Å². The Balaban J connectivity index is 2.43. The average Bonchev–Trinajstić information content (AvgIpc) is 2.88. The maximum absolute atomic E-state index is 6.02. The maximum atomic E-state index is 6.02. The van der Waals surface area contributed by atoms with Gasteiger partial charge in [0.25, 0.3) is 0 Å². The van der Waals surface area contributed by atoms with Gasteiger partial charge >= 0.3 is 0 Å². The molecule has 0 aliphatic heterocycles. The largest absolute Gasteiger partial charge is 0.341 e. The summed E-state index contributed by atoms with van der Waals surface area (Å²) in [6, 6.07) is 0. The second kappa shape index (κ2) is 6.60. The fourth-order valence-corrected chi connectivity index (χ4v) is 2.07. The van der Waals surface area contributed by atoms with Crippen LogP contribution < -0.4 is 4.90 Å². The van der Waals surface area contributed by atoms with Crippen molar-refractivity contribution in [1.82, 2.24) is 29.9 Å². The normalized spacial score (nSPS) is 10.8. The van der Waals surface area contributed by atoms with Crippen LogP contribution in [0.25, 0.3) is 11.5 Å². The lowest BCUT2D eigenvalue weighted by atomic mass is 10.4. The van der Waals surface area contributed by atoms with Crippen molar-refractivity contribution in [2.45, 2.75) is 33.7 Å². The van der Waals surface area contributed by atoms with Crippen molar-refractivity contribution in [3.05, 3.63) is 11.5 Å². The van der Waals surface area contributed by atoms with Crippen LogP contribution in [0.15, 0.2) is 6.20 Å². The molecule has 2 rings (SSSR count). The summed E-state index contributed by atoms with van der Waals surface area (Å²) in [4.78, 5) is 14.9. The number of halogens is 1. The predicted octanol–water partition coefficient (Wildman–Crippen LogP) is 2.04. The van der Waals surface area contributed by atoms with Gasteiger partial charge < -0.3 is 4.90 Å². The Morgan fingerprint density at radius 1 is 1.15 bits per heavy atom. The van der Waals surface area contributed by atoms with E-state index in [-0.39, 0.29) is 5.28 Å². The van der Waals surface area contributed by atoms with Crippen molar-refractivity contribution < 1.29 is 0 Å². The summed E-state index contributed by atoms with van der Waals surface area (Å²) in [5.41, 5.74) is 0.754. The van der Waals surface area contributed by atoms with E-state index in [1.54, 1.807) is 10.9 Å². The van der Waals surface area contributed by atoms with E-state index in [9.17, 15) is 0 Å². The first-order valence-electron chi connectivity index (χ1n) is 6.74. The number of nitrogens with zero attached hydrogens (tertiary/aromatic N) is 7. The lowest BCUT2D eigenvalue weighted by molar-refractivity contribution is 0.582. The second-order valence-electron chi connectivity index (χ2n) is 4.24. The highest BCUT2D eigenvalue weighted by Gasteiger charge is 2.15. The highest BCUT2D eigenvalue weighted by atomic mass is 35.5. The molecule has 108 valence electrons. The summed E-state index contributed by atoms with van der Waals surface area (Å²) in [5.74, 6) is 1.08. The molecule has 0 atom stereocenters. The van der Waals surface area contributed by atoms with E-state index in [0.29, 0.717) is 11.8 Å². The Kier molecular flexibility index (Phi) is 4.84. The number of rotatable bonds is 6. The first-order chi connectivity index (χ1) is 9.69. The molecule has 20 heavy (non-hydrogen) atoms. The SMILES string of the molecule is CCCn1nncc1-c1nc(Cl)nc(N(CC)CC)n1. The van der Waals surface area contributed by atoms with Crippen LogP contribution in [0, 0.1) is 0 Å². The minimum Gasteiger partial charge on any atom is -0.341 e. The van der Waals surface area contributed by atoms with Crippen LogP contribution in [0.5, 0.6) is 0 Å². The number of anilines is 1. The molecule has 0 bridgehead atoms. The van der Waals surface area contributed by atoms with Gasteiger partial charge in [-0.05, 0) is 31.9 Å². The van der Waals surface area contributed by atoms with Gasteiger partial charge in [0.15, 0.2) is 5.82 Å². The molecule has 0 unspecified atom stereocenters. The summed E-state index contributed by atoms with van der Waals surface area (Å²) in [6.07, 6.45) is 2.60. The van der Waals surface area contributed by atoms with Gasteiger partial charge in [0, 0.05) is 19.6 Å². The standard InChI is InChI=1S/C12H18ClN7/c1-4-7-20-9(8-14-18-20)10-15-11(13)17-12(16-10)19(5-2)6-3/h8H,4-7H2,1-3H3. The van der Waals surface area contributed by atoms with Gasteiger partial charge in [-0.2, -0.15) is 15.0 Å². The zero-order valence-electron chi connectivity index (χ0n) is 11.9. The molecular formula is C12H18ClN7. The summed E-state index contributed by atoms with van der Waals surface area (Å²) >= 11 is 6.02. The summed E-state index contributed by atoms with van der Waals surface area (Å²) in [6.45, 7) is 8.55. The molecule has 7 nitrogen and oxygen atoms in total. The fourth-order valence-electron chi connectivity index (χ4n) is 1.91. The average molecular weight is 296 g/mol. The third-order valence-electron chi connectivity index (χ3n) is 2.92. The van der Waals surface area contributed by atoms with E-state index in [1.165, 1.54) is 0 Å². The first kappa shape index (κ1) is 14.6. The highest BCUT2D eigenvalue weighted by Crippen LogP contribution is 2.19. The van der Waals surface area contributed by atoms with Gasteiger partial charge in [-0.15, -0.1) is 5.10 Å². The van der Waals surface area contributed by atoms with E-state index in [1.807, 2.05) is 18.7 Å². The van der Waals surface area contributed by atoms with Gasteiger partial charge in [-0.1, -0.05) is 12.1 Å². The van der Waals surface area contributed by atoms with E-state index in [4.69, 9.17) is 11.6 Å². The molecule has 0 aliphatic rings. The molecule has 0 saturated heterocycles. The van der Waals surface area contributed by atoms with Crippen molar-refractivity contribution in [2.24, 2.45) is 0 Å². The zero-order valence-corrected chi connectivity index (χ0v) is 12.7. The predicted molar refractivity (Wildman–Crippen MR) is 77.7 cm³/mol. The molecule has 0 amide bonds. The van der Waals surface area contributed by atoms with Gasteiger partial charge in [0.1, 0.15) is 5.69 Å². The molecule has 0 aromatic carbocycles. The molecule has 0 saturated carbocycles. The van der Waals surface area contributed by atoms with Crippen LogP contribution in [0.2, 0.25) is 5.28 Å². The van der Waals surface area contributed by atoms with Crippen LogP contribution in [0.3, 0.4) is 0 Å². The summed E-state index contributed by atoms with van der Waals surface area (Å²) in [7, 11) is 0. The third-order valence-corrected chi connectivity index (χ3v) is 3.09. The van der Waals surface area contributed by atoms with Crippen LogP contribution in [-0.2, 0) is 6.54 Å². The third kappa shape index (κ3) is 3.04. The van der Waals surface area contributed by atoms with Gasteiger partial charge in [0.05, 0.1) is 6.20 Å². The number of hydrogen-bond acceptors (Lipinski definition) is 6. The Morgan fingerprint density at radius 2 is 1.90 bits per heavy atom. The molecule has 2 aromatic heterocycles. The van der Waals surface area contributed by atoms with Gasteiger partial charge in [0.2, 0.25) is 11.2 Å². The van der Waals surface area contributed by atoms with E-state index >= 15 is 0 Å². The summed E-state index contributed by atoms with van der Waals surface area (Å²) in [5, 5.41) is 8.14. The lowest BCUT2D eigenvalue weighted by Gasteiger charge is -2.18. The monoisotopic (exact) mass is 295 g/mol. The van der Waals surface area contributed by atoms with Crippen LogP contribution in [0.4, 0.5) is 5.95 Å². The Morgan fingerprint density at radius 3 is 2.55 bits per heavy atom. The molecule has 0 spiro atoms. The smallest absolute Gasteiger partial charge is 0.230 e. The van der Waals surface area contributed by atoms with Crippen molar-refractivity contribution in [3.63, 3.8) is 0 Å².